The third-order valence-corrected chi connectivity index (χ3v) is 6.39. The van der Waals surface area contributed by atoms with Crippen LogP contribution >= 0.6 is 11.7 Å². The fraction of sp³-hybridized carbons (Fsp3) is 0.286. The van der Waals surface area contributed by atoms with E-state index in [1.54, 1.807) is 30.5 Å². The molecule has 1 atom stereocenters. The van der Waals surface area contributed by atoms with Gasteiger partial charge in [0.05, 0.1) is 24.0 Å². The third-order valence-electron chi connectivity index (χ3n) is 3.91. The lowest BCUT2D eigenvalue weighted by atomic mass is 10.2. The fourth-order valence-corrected chi connectivity index (χ4v) is 5.33. The summed E-state index contributed by atoms with van der Waals surface area (Å²) in [5.74, 6) is 0.685. The summed E-state index contributed by atoms with van der Waals surface area (Å²) < 4.78 is 41.3. The van der Waals surface area contributed by atoms with Crippen LogP contribution in [0.2, 0.25) is 0 Å². The van der Waals surface area contributed by atoms with Crippen LogP contribution in [0.5, 0.6) is 0 Å². The monoisotopic (exact) mass is 335 g/mol. The summed E-state index contributed by atoms with van der Waals surface area (Å²) in [4.78, 5) is 0.220. The van der Waals surface area contributed by atoms with Crippen LogP contribution in [0.4, 0.5) is 0 Å². The van der Waals surface area contributed by atoms with Crippen LogP contribution in [-0.2, 0) is 10.0 Å². The second-order valence-corrected chi connectivity index (χ2v) is 7.56. The molecule has 8 heteroatoms. The van der Waals surface area contributed by atoms with E-state index in [1.807, 2.05) is 6.07 Å². The van der Waals surface area contributed by atoms with Gasteiger partial charge in [0.1, 0.15) is 21.7 Å². The van der Waals surface area contributed by atoms with Gasteiger partial charge in [-0.05, 0) is 37.1 Å². The summed E-state index contributed by atoms with van der Waals surface area (Å²) >= 11 is 1.02. The van der Waals surface area contributed by atoms with Gasteiger partial charge in [-0.2, -0.15) is 13.1 Å². The van der Waals surface area contributed by atoms with E-state index in [9.17, 15) is 8.42 Å². The summed E-state index contributed by atoms with van der Waals surface area (Å²) in [6.45, 7) is 0.488. The molecule has 1 aromatic carbocycles. The summed E-state index contributed by atoms with van der Waals surface area (Å²) in [6, 6.07) is 8.42. The first-order chi connectivity index (χ1) is 10.7. The van der Waals surface area contributed by atoms with Gasteiger partial charge in [-0.1, -0.05) is 6.07 Å². The molecule has 0 amide bonds. The normalized spacial score (nSPS) is 19.9. The Kier molecular flexibility index (Phi) is 3.24. The SMILES string of the molecule is O=S(=O)(c1cccc2nsnc12)N1CCC[C@H]1c1ccco1. The molecule has 0 radical (unpaired) electrons. The molecule has 22 heavy (non-hydrogen) atoms. The molecule has 2 aromatic heterocycles. The molecular formula is C14H13N3O3S2. The lowest BCUT2D eigenvalue weighted by Gasteiger charge is -2.22. The quantitative estimate of drug-likeness (QED) is 0.735. The lowest BCUT2D eigenvalue weighted by molar-refractivity contribution is 0.340. The van der Waals surface area contributed by atoms with Gasteiger partial charge >= 0.3 is 0 Å². The van der Waals surface area contributed by atoms with E-state index in [1.165, 1.54) is 4.31 Å². The van der Waals surface area contributed by atoms with Crippen molar-refractivity contribution in [1.82, 2.24) is 13.1 Å². The molecule has 1 aliphatic rings. The number of hydrogen-bond donors (Lipinski definition) is 0. The van der Waals surface area contributed by atoms with E-state index >= 15 is 0 Å². The van der Waals surface area contributed by atoms with E-state index < -0.39 is 10.0 Å². The molecule has 3 heterocycles. The zero-order valence-corrected chi connectivity index (χ0v) is 13.2. The van der Waals surface area contributed by atoms with Crippen LogP contribution in [0.25, 0.3) is 11.0 Å². The van der Waals surface area contributed by atoms with Crippen molar-refractivity contribution in [2.75, 3.05) is 6.54 Å². The summed E-state index contributed by atoms with van der Waals surface area (Å²) in [5.41, 5.74) is 1.05. The predicted octanol–water partition coefficient (Wildman–Crippen LogP) is 2.81. The van der Waals surface area contributed by atoms with Crippen LogP contribution in [0, 0.1) is 0 Å². The highest BCUT2D eigenvalue weighted by Gasteiger charge is 2.38. The molecular weight excluding hydrogens is 322 g/mol. The average Bonchev–Trinajstić information content (AvgIpc) is 3.25. The maximum absolute atomic E-state index is 13.1. The Morgan fingerprint density at radius 3 is 2.95 bits per heavy atom. The number of fused-ring (bicyclic) bond motifs is 1. The summed E-state index contributed by atoms with van der Waals surface area (Å²) in [6.07, 6.45) is 3.15. The molecule has 6 nitrogen and oxygen atoms in total. The maximum Gasteiger partial charge on any atom is 0.246 e. The van der Waals surface area contributed by atoms with Gasteiger partial charge in [0, 0.05) is 6.54 Å². The highest BCUT2D eigenvalue weighted by Crippen LogP contribution is 2.37. The predicted molar refractivity (Wildman–Crippen MR) is 82.0 cm³/mol. The summed E-state index contributed by atoms with van der Waals surface area (Å²) in [7, 11) is -3.63. The minimum absolute atomic E-state index is 0.220. The van der Waals surface area contributed by atoms with Crippen molar-refractivity contribution in [3.63, 3.8) is 0 Å². The molecule has 1 aliphatic heterocycles. The Hall–Kier alpha value is -1.77. The van der Waals surface area contributed by atoms with E-state index in [0.717, 1.165) is 24.6 Å². The van der Waals surface area contributed by atoms with Crippen molar-refractivity contribution in [1.29, 1.82) is 0 Å². The van der Waals surface area contributed by atoms with E-state index in [4.69, 9.17) is 4.42 Å². The van der Waals surface area contributed by atoms with Gasteiger partial charge < -0.3 is 4.42 Å². The Balaban J connectivity index is 1.82. The van der Waals surface area contributed by atoms with Crippen molar-refractivity contribution < 1.29 is 12.8 Å². The van der Waals surface area contributed by atoms with Crippen LogP contribution in [0.15, 0.2) is 45.9 Å². The van der Waals surface area contributed by atoms with Gasteiger partial charge in [-0.15, -0.1) is 0 Å². The lowest BCUT2D eigenvalue weighted by Crippen LogP contribution is -2.30. The van der Waals surface area contributed by atoms with Crippen molar-refractivity contribution >= 4 is 32.8 Å². The van der Waals surface area contributed by atoms with Crippen molar-refractivity contribution in [3.8, 4) is 0 Å². The van der Waals surface area contributed by atoms with E-state index in [0.29, 0.717) is 23.3 Å². The molecule has 1 saturated heterocycles. The second kappa shape index (κ2) is 5.15. The molecule has 0 saturated carbocycles. The molecule has 3 aromatic rings. The molecule has 114 valence electrons. The molecule has 4 rings (SSSR count). The highest BCUT2D eigenvalue weighted by atomic mass is 32.2. The molecule has 0 bridgehead atoms. The van der Waals surface area contributed by atoms with Gasteiger partial charge in [-0.3, -0.25) is 0 Å². The van der Waals surface area contributed by atoms with Gasteiger partial charge in [-0.25, -0.2) is 8.42 Å². The number of hydrogen-bond acceptors (Lipinski definition) is 6. The second-order valence-electron chi connectivity index (χ2n) is 5.18. The van der Waals surface area contributed by atoms with Gasteiger partial charge in [0.25, 0.3) is 0 Å². The Bertz CT molecular complexity index is 902. The topological polar surface area (TPSA) is 76.3 Å². The molecule has 0 N–H and O–H groups in total. The minimum Gasteiger partial charge on any atom is -0.468 e. The van der Waals surface area contributed by atoms with Crippen LogP contribution in [0.3, 0.4) is 0 Å². The average molecular weight is 335 g/mol. The van der Waals surface area contributed by atoms with E-state index in [-0.39, 0.29) is 10.9 Å². The number of aromatic nitrogens is 2. The van der Waals surface area contributed by atoms with Gasteiger partial charge in [0.2, 0.25) is 10.0 Å². The number of furan rings is 1. The number of nitrogens with zero attached hydrogens (tertiary/aromatic N) is 3. The Morgan fingerprint density at radius 1 is 1.23 bits per heavy atom. The van der Waals surface area contributed by atoms with Crippen LogP contribution < -0.4 is 0 Å². The molecule has 0 unspecified atom stereocenters. The van der Waals surface area contributed by atoms with Crippen LogP contribution in [-0.4, -0.2) is 28.0 Å². The van der Waals surface area contributed by atoms with E-state index in [2.05, 4.69) is 8.75 Å². The minimum atomic E-state index is -3.63. The largest absolute Gasteiger partial charge is 0.468 e. The van der Waals surface area contributed by atoms with Crippen molar-refractivity contribution in [3.05, 3.63) is 42.4 Å². The smallest absolute Gasteiger partial charge is 0.246 e. The first kappa shape index (κ1) is 13.9. The number of sulfonamides is 1. The molecule has 1 fully saturated rings. The zero-order chi connectivity index (χ0) is 15.2. The molecule has 0 spiro atoms. The van der Waals surface area contributed by atoms with Crippen molar-refractivity contribution in [2.24, 2.45) is 0 Å². The summed E-state index contributed by atoms with van der Waals surface area (Å²) in [5, 5.41) is 0. The third kappa shape index (κ3) is 2.06. The number of benzene rings is 1. The maximum atomic E-state index is 13.1. The highest BCUT2D eigenvalue weighted by molar-refractivity contribution is 7.89. The first-order valence-electron chi connectivity index (χ1n) is 6.94. The Labute approximate surface area is 131 Å². The Morgan fingerprint density at radius 2 is 2.14 bits per heavy atom. The standard InChI is InChI=1S/C14H13N3O3S2/c18-22(19,13-7-1-4-10-14(13)16-21-15-10)17-8-2-5-11(17)12-6-3-9-20-12/h1,3-4,6-7,9,11H,2,5,8H2/t11-/m0/s1. The van der Waals surface area contributed by atoms with Gasteiger partial charge in [0.15, 0.2) is 0 Å². The van der Waals surface area contributed by atoms with Crippen LogP contribution in [0.1, 0.15) is 24.6 Å². The van der Waals surface area contributed by atoms with Crippen molar-refractivity contribution in [2.45, 2.75) is 23.8 Å². The number of rotatable bonds is 3. The zero-order valence-electron chi connectivity index (χ0n) is 11.5. The fourth-order valence-electron chi connectivity index (χ4n) is 2.91. The first-order valence-corrected chi connectivity index (χ1v) is 9.11. The molecule has 0 aliphatic carbocycles.